The number of methoxy groups -OCH3 is 2. The van der Waals surface area contributed by atoms with Crippen molar-refractivity contribution in [1.29, 1.82) is 0 Å². The van der Waals surface area contributed by atoms with Gasteiger partial charge in [-0.2, -0.15) is 0 Å². The van der Waals surface area contributed by atoms with Gasteiger partial charge in [-0.25, -0.2) is 13.4 Å². The van der Waals surface area contributed by atoms with Crippen LogP contribution in [0.1, 0.15) is 15.9 Å². The number of hydrogen-bond donors (Lipinski definition) is 1. The van der Waals surface area contributed by atoms with E-state index in [1.807, 2.05) is 23.6 Å². The van der Waals surface area contributed by atoms with E-state index >= 15 is 0 Å². The molecular weight excluding hydrogens is 520 g/mol. The molecule has 36 heavy (non-hydrogen) atoms. The van der Waals surface area contributed by atoms with Gasteiger partial charge >= 0.3 is 0 Å². The lowest BCUT2D eigenvalue weighted by Crippen LogP contribution is -2.14. The van der Waals surface area contributed by atoms with Crippen molar-refractivity contribution in [1.82, 2.24) is 4.98 Å². The number of hydrogen-bond acceptors (Lipinski definition) is 7. The van der Waals surface area contributed by atoms with Gasteiger partial charge in [-0.3, -0.25) is 9.52 Å². The molecule has 10 heteroatoms. The first-order chi connectivity index (χ1) is 17.3. The van der Waals surface area contributed by atoms with Gasteiger partial charge in [0.2, 0.25) is 0 Å². The minimum Gasteiger partial charge on any atom is -0.496 e. The van der Waals surface area contributed by atoms with E-state index in [1.165, 1.54) is 48.7 Å². The maximum atomic E-state index is 12.8. The van der Waals surface area contributed by atoms with Crippen molar-refractivity contribution in [3.8, 4) is 21.9 Å². The van der Waals surface area contributed by atoms with E-state index in [1.54, 1.807) is 37.7 Å². The summed E-state index contributed by atoms with van der Waals surface area (Å²) in [6, 6.07) is 16.2. The molecule has 0 unspecified atom stereocenters. The highest BCUT2D eigenvalue weighted by Gasteiger charge is 2.16. The van der Waals surface area contributed by atoms with Crippen molar-refractivity contribution in [2.45, 2.75) is 4.90 Å². The van der Waals surface area contributed by atoms with Gasteiger partial charge in [-0.15, -0.1) is 11.3 Å². The Morgan fingerprint density at radius 2 is 1.78 bits per heavy atom. The van der Waals surface area contributed by atoms with Gasteiger partial charge in [0.25, 0.3) is 10.0 Å². The first kappa shape index (κ1) is 25.4. The van der Waals surface area contributed by atoms with Crippen LogP contribution in [-0.4, -0.2) is 33.4 Å². The van der Waals surface area contributed by atoms with Crippen LogP contribution in [0.15, 0.2) is 83.2 Å². The summed E-state index contributed by atoms with van der Waals surface area (Å²) in [5.74, 6) is 1.07. The van der Waals surface area contributed by atoms with Crippen LogP contribution in [0.5, 0.6) is 11.5 Å². The van der Waals surface area contributed by atoms with Gasteiger partial charge in [-0.05, 0) is 66.1 Å². The average molecular weight is 541 g/mol. The molecule has 4 rings (SSSR count). The standard InChI is InChI=1S/C26H21ClN2O5S2/c1-33-23-15-24(34-2)21(25-4-3-13-35-25)14-18(23)7-11-22(30)17-5-9-20(10-6-17)36(31,32)29-26-12-8-19(27)16-28-26/h3-16H,1-2H3,(H,28,29). The number of ether oxygens (including phenoxy) is 2. The third-order valence-electron chi connectivity index (χ3n) is 5.17. The number of rotatable bonds is 9. The highest BCUT2D eigenvalue weighted by molar-refractivity contribution is 7.92. The molecule has 0 aliphatic rings. The summed E-state index contributed by atoms with van der Waals surface area (Å²) in [6.07, 6.45) is 4.42. The molecule has 0 atom stereocenters. The van der Waals surface area contributed by atoms with Crippen LogP contribution in [0, 0.1) is 0 Å². The van der Waals surface area contributed by atoms with Crippen LogP contribution in [0.2, 0.25) is 5.02 Å². The van der Waals surface area contributed by atoms with Crippen molar-refractivity contribution < 1.29 is 22.7 Å². The van der Waals surface area contributed by atoms with Gasteiger partial charge in [0.15, 0.2) is 5.78 Å². The van der Waals surface area contributed by atoms with Crippen LogP contribution < -0.4 is 14.2 Å². The molecule has 0 aliphatic heterocycles. The van der Waals surface area contributed by atoms with Gasteiger partial charge in [0.1, 0.15) is 17.3 Å². The minimum absolute atomic E-state index is 0.00260. The van der Waals surface area contributed by atoms with Crippen molar-refractivity contribution in [2.75, 3.05) is 18.9 Å². The fraction of sp³-hybridized carbons (Fsp3) is 0.0769. The Morgan fingerprint density at radius 3 is 2.39 bits per heavy atom. The summed E-state index contributed by atoms with van der Waals surface area (Å²) in [5.41, 5.74) is 1.92. The summed E-state index contributed by atoms with van der Waals surface area (Å²) in [5, 5.41) is 2.37. The van der Waals surface area contributed by atoms with Crippen molar-refractivity contribution in [3.05, 3.63) is 94.5 Å². The van der Waals surface area contributed by atoms with Gasteiger partial charge in [0, 0.05) is 33.8 Å². The molecule has 0 radical (unpaired) electrons. The van der Waals surface area contributed by atoms with Crippen LogP contribution in [0.3, 0.4) is 0 Å². The monoisotopic (exact) mass is 540 g/mol. The Morgan fingerprint density at radius 1 is 1.03 bits per heavy atom. The third kappa shape index (κ3) is 5.76. The molecule has 2 aromatic carbocycles. The largest absolute Gasteiger partial charge is 0.496 e. The molecule has 0 bridgehead atoms. The maximum Gasteiger partial charge on any atom is 0.263 e. The van der Waals surface area contributed by atoms with E-state index in [4.69, 9.17) is 21.1 Å². The SMILES string of the molecule is COc1cc(OC)c(-c2cccs2)cc1C=CC(=O)c1ccc(S(=O)(=O)Nc2ccc(Cl)cn2)cc1. The number of benzene rings is 2. The second kappa shape index (κ2) is 10.9. The van der Waals surface area contributed by atoms with Crippen LogP contribution in [0.4, 0.5) is 5.82 Å². The third-order valence-corrected chi connectivity index (χ3v) is 7.67. The fourth-order valence-electron chi connectivity index (χ4n) is 3.37. The van der Waals surface area contributed by atoms with Crippen LogP contribution >= 0.6 is 22.9 Å². The Kier molecular flexibility index (Phi) is 7.73. The van der Waals surface area contributed by atoms with E-state index in [-0.39, 0.29) is 16.5 Å². The quantitative estimate of drug-likeness (QED) is 0.201. The summed E-state index contributed by atoms with van der Waals surface area (Å²) < 4.78 is 38.6. The summed E-state index contributed by atoms with van der Waals surface area (Å²) in [4.78, 5) is 17.8. The molecule has 0 spiro atoms. The number of anilines is 1. The zero-order chi connectivity index (χ0) is 25.7. The molecule has 0 saturated carbocycles. The Bertz CT molecular complexity index is 1500. The van der Waals surface area contributed by atoms with Gasteiger partial charge < -0.3 is 9.47 Å². The van der Waals surface area contributed by atoms with E-state index in [2.05, 4.69) is 9.71 Å². The van der Waals surface area contributed by atoms with E-state index < -0.39 is 10.0 Å². The normalized spacial score (nSPS) is 11.4. The number of allylic oxidation sites excluding steroid dienone is 1. The molecule has 4 aromatic rings. The van der Waals surface area contributed by atoms with Crippen LogP contribution in [0.25, 0.3) is 16.5 Å². The number of sulfonamides is 1. The number of pyridine rings is 1. The smallest absolute Gasteiger partial charge is 0.263 e. The molecule has 184 valence electrons. The fourth-order valence-corrected chi connectivity index (χ4v) is 5.24. The van der Waals surface area contributed by atoms with E-state index in [0.29, 0.717) is 27.6 Å². The molecular formula is C26H21ClN2O5S2. The summed E-state index contributed by atoms with van der Waals surface area (Å²) >= 11 is 7.36. The molecule has 1 N–H and O–H groups in total. The predicted octanol–water partition coefficient (Wildman–Crippen LogP) is 6.18. The maximum absolute atomic E-state index is 12.8. The Balaban J connectivity index is 1.54. The average Bonchev–Trinajstić information content (AvgIpc) is 3.43. The molecule has 0 fully saturated rings. The number of carbonyl (C=O) groups is 1. The van der Waals surface area contributed by atoms with Gasteiger partial charge in [-0.1, -0.05) is 17.7 Å². The first-order valence-corrected chi connectivity index (χ1v) is 13.3. The first-order valence-electron chi connectivity index (χ1n) is 10.6. The summed E-state index contributed by atoms with van der Waals surface area (Å²) in [7, 11) is -0.738. The molecule has 2 aromatic heterocycles. The number of carbonyl (C=O) groups excluding carboxylic acids is 1. The van der Waals surface area contributed by atoms with Gasteiger partial charge in [0.05, 0.1) is 24.1 Å². The van der Waals surface area contributed by atoms with E-state index in [0.717, 1.165) is 10.4 Å². The second-order valence-electron chi connectivity index (χ2n) is 7.46. The van der Waals surface area contributed by atoms with Crippen molar-refractivity contribution in [2.24, 2.45) is 0 Å². The number of thiophene rings is 1. The molecule has 0 aliphatic carbocycles. The predicted molar refractivity (Wildman–Crippen MR) is 143 cm³/mol. The lowest BCUT2D eigenvalue weighted by atomic mass is 10.0. The lowest BCUT2D eigenvalue weighted by Gasteiger charge is -2.12. The molecule has 7 nitrogen and oxygen atoms in total. The number of aromatic nitrogens is 1. The van der Waals surface area contributed by atoms with Crippen molar-refractivity contribution in [3.63, 3.8) is 0 Å². The molecule has 0 amide bonds. The van der Waals surface area contributed by atoms with Crippen molar-refractivity contribution >= 4 is 50.6 Å². The highest BCUT2D eigenvalue weighted by atomic mass is 35.5. The number of nitrogens with one attached hydrogen (secondary N) is 1. The van der Waals surface area contributed by atoms with E-state index in [9.17, 15) is 13.2 Å². The minimum atomic E-state index is -3.88. The molecule has 2 heterocycles. The Labute approximate surface area is 218 Å². The topological polar surface area (TPSA) is 94.6 Å². The number of nitrogens with zero attached hydrogens (tertiary/aromatic N) is 1. The van der Waals surface area contributed by atoms with Crippen LogP contribution in [-0.2, 0) is 10.0 Å². The highest BCUT2D eigenvalue weighted by Crippen LogP contribution is 2.38. The number of ketones is 1. The Hall–Kier alpha value is -3.66. The second-order valence-corrected chi connectivity index (χ2v) is 10.5. The number of halogens is 1. The summed E-state index contributed by atoms with van der Waals surface area (Å²) in [6.45, 7) is 0. The zero-order valence-corrected chi connectivity index (χ0v) is 21.7. The molecule has 0 saturated heterocycles. The zero-order valence-electron chi connectivity index (χ0n) is 19.3. The lowest BCUT2D eigenvalue weighted by molar-refractivity contribution is 0.104.